The summed E-state index contributed by atoms with van der Waals surface area (Å²) in [6, 6.07) is -0.208. The summed E-state index contributed by atoms with van der Waals surface area (Å²) < 4.78 is 5.23. The fraction of sp³-hybridized carbons (Fsp3) is 0.867. The van der Waals surface area contributed by atoms with Crippen molar-refractivity contribution in [1.82, 2.24) is 15.1 Å². The summed E-state index contributed by atoms with van der Waals surface area (Å²) in [5, 5.41) is 3.18. The van der Waals surface area contributed by atoms with Crippen molar-refractivity contribution in [3.63, 3.8) is 0 Å². The van der Waals surface area contributed by atoms with Gasteiger partial charge in [-0.05, 0) is 26.2 Å². The van der Waals surface area contributed by atoms with Gasteiger partial charge in [0.1, 0.15) is 0 Å². The zero-order valence-electron chi connectivity index (χ0n) is 13.0. The predicted octanol–water partition coefficient (Wildman–Crippen LogP) is 0.226. The van der Waals surface area contributed by atoms with Crippen LogP contribution in [0.5, 0.6) is 0 Å². The number of likely N-dealkylation sites (tertiary alicyclic amines) is 1. The number of carbonyl (C=O) groups excluding carboxylic acids is 2. The summed E-state index contributed by atoms with van der Waals surface area (Å²) in [6.07, 6.45) is 3.87. The van der Waals surface area contributed by atoms with Gasteiger partial charge in [-0.25, -0.2) is 0 Å². The van der Waals surface area contributed by atoms with E-state index in [1.54, 1.807) is 0 Å². The number of nitrogens with zero attached hydrogens (tertiary/aromatic N) is 2. The summed E-state index contributed by atoms with van der Waals surface area (Å²) >= 11 is 0. The number of ether oxygens (including phenoxy) is 1. The first-order chi connectivity index (χ1) is 10.2. The smallest absolute Gasteiger partial charge is 0.239 e. The van der Waals surface area contributed by atoms with E-state index in [0.717, 1.165) is 25.9 Å². The molecular weight excluding hydrogens is 270 g/mol. The summed E-state index contributed by atoms with van der Waals surface area (Å²) in [6.45, 7) is 6.80. The number of piperidine rings is 1. The van der Waals surface area contributed by atoms with E-state index in [1.165, 1.54) is 6.42 Å². The lowest BCUT2D eigenvalue weighted by molar-refractivity contribution is -0.136. The lowest BCUT2D eigenvalue weighted by atomic mass is 10.1. The number of hydrogen-bond donors (Lipinski definition) is 1. The molecule has 0 aromatic rings. The van der Waals surface area contributed by atoms with Crippen molar-refractivity contribution in [2.24, 2.45) is 0 Å². The van der Waals surface area contributed by atoms with Gasteiger partial charge in [-0.3, -0.25) is 9.59 Å². The first-order valence-corrected chi connectivity index (χ1v) is 8.06. The molecule has 2 rings (SSSR count). The summed E-state index contributed by atoms with van der Waals surface area (Å²) in [7, 11) is 0. The van der Waals surface area contributed by atoms with Gasteiger partial charge in [-0.2, -0.15) is 0 Å². The van der Waals surface area contributed by atoms with Crippen LogP contribution in [0.2, 0.25) is 0 Å². The molecule has 120 valence electrons. The van der Waals surface area contributed by atoms with Gasteiger partial charge in [-0.1, -0.05) is 0 Å². The topological polar surface area (TPSA) is 61.9 Å². The Balaban J connectivity index is 1.64. The fourth-order valence-electron chi connectivity index (χ4n) is 2.84. The quantitative estimate of drug-likeness (QED) is 0.789. The molecule has 0 aromatic carbocycles. The van der Waals surface area contributed by atoms with E-state index in [2.05, 4.69) is 5.32 Å². The van der Waals surface area contributed by atoms with Gasteiger partial charge in [0.15, 0.2) is 0 Å². The van der Waals surface area contributed by atoms with Gasteiger partial charge in [0.05, 0.1) is 19.3 Å². The highest BCUT2D eigenvalue weighted by Gasteiger charge is 2.22. The molecule has 0 spiro atoms. The predicted molar refractivity (Wildman–Crippen MR) is 79.9 cm³/mol. The van der Waals surface area contributed by atoms with Crippen LogP contribution >= 0.6 is 0 Å². The van der Waals surface area contributed by atoms with E-state index in [1.807, 2.05) is 16.7 Å². The van der Waals surface area contributed by atoms with Gasteiger partial charge < -0.3 is 19.9 Å². The maximum absolute atomic E-state index is 12.2. The van der Waals surface area contributed by atoms with Crippen LogP contribution in [0.3, 0.4) is 0 Å². The first kappa shape index (κ1) is 16.2. The normalized spacial score (nSPS) is 21.2. The van der Waals surface area contributed by atoms with Crippen molar-refractivity contribution in [1.29, 1.82) is 0 Å². The Labute approximate surface area is 126 Å². The molecule has 1 atom stereocenters. The van der Waals surface area contributed by atoms with Crippen molar-refractivity contribution in [3.05, 3.63) is 0 Å². The van der Waals surface area contributed by atoms with Crippen LogP contribution in [0.15, 0.2) is 0 Å². The zero-order valence-corrected chi connectivity index (χ0v) is 13.0. The van der Waals surface area contributed by atoms with E-state index in [4.69, 9.17) is 4.74 Å². The number of nitrogens with one attached hydrogen (secondary N) is 1. The molecule has 2 heterocycles. The molecule has 1 unspecified atom stereocenters. The molecule has 2 amide bonds. The Bertz CT molecular complexity index is 350. The van der Waals surface area contributed by atoms with Gasteiger partial charge >= 0.3 is 0 Å². The first-order valence-electron chi connectivity index (χ1n) is 8.06. The highest BCUT2D eigenvalue weighted by molar-refractivity contribution is 5.81. The fourth-order valence-corrected chi connectivity index (χ4v) is 2.84. The number of amides is 2. The molecule has 2 saturated heterocycles. The lowest BCUT2D eigenvalue weighted by Gasteiger charge is -2.30. The van der Waals surface area contributed by atoms with Gasteiger partial charge in [0.25, 0.3) is 0 Å². The molecule has 2 aliphatic rings. The second-order valence-electron chi connectivity index (χ2n) is 5.80. The third-order valence-electron chi connectivity index (χ3n) is 4.19. The van der Waals surface area contributed by atoms with E-state index >= 15 is 0 Å². The molecule has 2 fully saturated rings. The van der Waals surface area contributed by atoms with E-state index in [0.29, 0.717) is 39.3 Å². The third kappa shape index (κ3) is 4.97. The lowest BCUT2D eigenvalue weighted by Crippen LogP contribution is -2.48. The molecular formula is C15H27N3O3. The molecule has 0 radical (unpaired) electrons. The van der Waals surface area contributed by atoms with Crippen LogP contribution in [0.1, 0.15) is 32.6 Å². The Morgan fingerprint density at radius 2 is 1.71 bits per heavy atom. The van der Waals surface area contributed by atoms with Crippen LogP contribution in [0.25, 0.3) is 0 Å². The van der Waals surface area contributed by atoms with Crippen LogP contribution < -0.4 is 5.32 Å². The molecule has 0 bridgehead atoms. The Hall–Kier alpha value is -1.14. The molecule has 6 nitrogen and oxygen atoms in total. The molecule has 0 saturated carbocycles. The Morgan fingerprint density at radius 3 is 2.38 bits per heavy atom. The molecule has 0 aromatic heterocycles. The van der Waals surface area contributed by atoms with Crippen molar-refractivity contribution in [2.45, 2.75) is 38.6 Å². The van der Waals surface area contributed by atoms with E-state index < -0.39 is 0 Å². The SMILES string of the molecule is CC(NCCC(=O)N1CCOCC1)C(=O)N1CCCCC1. The Kier molecular flexibility index (Phi) is 6.45. The van der Waals surface area contributed by atoms with Crippen LogP contribution in [-0.2, 0) is 14.3 Å². The average Bonchev–Trinajstić information content (AvgIpc) is 2.55. The molecule has 0 aliphatic carbocycles. The average molecular weight is 297 g/mol. The summed E-state index contributed by atoms with van der Waals surface area (Å²) in [4.78, 5) is 28.0. The number of morpholine rings is 1. The summed E-state index contributed by atoms with van der Waals surface area (Å²) in [5.74, 6) is 0.303. The van der Waals surface area contributed by atoms with Crippen LogP contribution in [0.4, 0.5) is 0 Å². The monoisotopic (exact) mass is 297 g/mol. The van der Waals surface area contributed by atoms with Gasteiger partial charge in [0, 0.05) is 39.1 Å². The van der Waals surface area contributed by atoms with Crippen molar-refractivity contribution in [3.8, 4) is 0 Å². The van der Waals surface area contributed by atoms with E-state index in [-0.39, 0.29) is 17.9 Å². The maximum Gasteiger partial charge on any atom is 0.239 e. The minimum atomic E-state index is -0.208. The molecule has 6 heteroatoms. The minimum Gasteiger partial charge on any atom is -0.378 e. The number of rotatable bonds is 5. The summed E-state index contributed by atoms with van der Waals surface area (Å²) in [5.41, 5.74) is 0. The standard InChI is InChI=1S/C15H27N3O3/c1-13(15(20)18-7-3-2-4-8-18)16-6-5-14(19)17-9-11-21-12-10-17/h13,16H,2-12H2,1H3. The van der Waals surface area contributed by atoms with Crippen LogP contribution in [-0.4, -0.2) is 73.6 Å². The highest BCUT2D eigenvalue weighted by atomic mass is 16.5. The number of carbonyl (C=O) groups is 2. The van der Waals surface area contributed by atoms with E-state index in [9.17, 15) is 9.59 Å². The largest absolute Gasteiger partial charge is 0.378 e. The number of hydrogen-bond acceptors (Lipinski definition) is 4. The highest BCUT2D eigenvalue weighted by Crippen LogP contribution is 2.10. The molecule has 2 aliphatic heterocycles. The van der Waals surface area contributed by atoms with Crippen molar-refractivity contribution in [2.75, 3.05) is 45.9 Å². The van der Waals surface area contributed by atoms with Gasteiger partial charge in [0.2, 0.25) is 11.8 Å². The van der Waals surface area contributed by atoms with Crippen molar-refractivity contribution < 1.29 is 14.3 Å². The minimum absolute atomic E-state index is 0.142. The maximum atomic E-state index is 12.2. The Morgan fingerprint density at radius 1 is 1.05 bits per heavy atom. The molecule has 21 heavy (non-hydrogen) atoms. The van der Waals surface area contributed by atoms with Crippen molar-refractivity contribution >= 4 is 11.8 Å². The second kappa shape index (κ2) is 8.34. The van der Waals surface area contributed by atoms with Crippen LogP contribution in [0, 0.1) is 0 Å². The third-order valence-corrected chi connectivity index (χ3v) is 4.19. The molecule has 1 N–H and O–H groups in total. The zero-order chi connectivity index (χ0) is 15.1. The second-order valence-corrected chi connectivity index (χ2v) is 5.80. The van der Waals surface area contributed by atoms with Gasteiger partial charge in [-0.15, -0.1) is 0 Å².